The number of hydrogen-bond donors (Lipinski definition) is 0. The molecule has 2 rings (SSSR count). The molecule has 2 aromatic rings. The lowest BCUT2D eigenvalue weighted by atomic mass is 10.1. The van der Waals surface area contributed by atoms with Crippen LogP contribution in [0.25, 0.3) is 0 Å². The molecule has 110 valence electrons. The van der Waals surface area contributed by atoms with Gasteiger partial charge in [0, 0.05) is 5.56 Å². The van der Waals surface area contributed by atoms with Gasteiger partial charge in [-0.05, 0) is 58.7 Å². The summed E-state index contributed by atoms with van der Waals surface area (Å²) >= 11 is 9.38. The first-order valence-electron chi connectivity index (χ1n) is 6.27. The Bertz CT molecular complexity index is 671. The van der Waals surface area contributed by atoms with Crippen molar-refractivity contribution < 1.29 is 14.3 Å². The molecule has 0 unspecified atom stereocenters. The zero-order chi connectivity index (χ0) is 15.4. The van der Waals surface area contributed by atoms with Gasteiger partial charge in [-0.3, -0.25) is 4.79 Å². The molecule has 2 aromatic carbocycles. The largest absolute Gasteiger partial charge is 0.496 e. The van der Waals surface area contributed by atoms with Crippen LogP contribution in [-0.4, -0.2) is 19.5 Å². The Kier molecular flexibility index (Phi) is 5.26. The predicted molar refractivity (Wildman–Crippen MR) is 86.7 cm³/mol. The van der Waals surface area contributed by atoms with E-state index in [0.717, 1.165) is 10.0 Å². The number of ketones is 1. The molecular weight excluding hydrogens is 356 g/mol. The zero-order valence-corrected chi connectivity index (χ0v) is 14.0. The van der Waals surface area contributed by atoms with Gasteiger partial charge in [-0.25, -0.2) is 0 Å². The van der Waals surface area contributed by atoms with Crippen molar-refractivity contribution in [2.24, 2.45) is 0 Å². The fourth-order valence-corrected chi connectivity index (χ4v) is 2.50. The van der Waals surface area contributed by atoms with Crippen LogP contribution in [0.1, 0.15) is 15.9 Å². The van der Waals surface area contributed by atoms with Gasteiger partial charge in [0.25, 0.3) is 0 Å². The summed E-state index contributed by atoms with van der Waals surface area (Å²) in [4.78, 5) is 12.1. The van der Waals surface area contributed by atoms with Crippen LogP contribution in [0.5, 0.6) is 11.5 Å². The zero-order valence-electron chi connectivity index (χ0n) is 11.7. The molecule has 0 N–H and O–H groups in total. The lowest BCUT2D eigenvalue weighted by molar-refractivity contribution is 0.0921. The van der Waals surface area contributed by atoms with E-state index in [4.69, 9.17) is 21.1 Å². The molecule has 0 amide bonds. The standard InChI is InChI=1S/C16H14BrClO3/c1-10-3-5-13(18)16(7-10)21-9-14(19)11-4-6-15(20-2)12(17)8-11/h3-8H,9H2,1-2H3. The Hall–Kier alpha value is -1.52. The minimum absolute atomic E-state index is 0.0675. The first-order chi connectivity index (χ1) is 10.0. The Morgan fingerprint density at radius 1 is 1.19 bits per heavy atom. The van der Waals surface area contributed by atoms with Gasteiger partial charge in [0.15, 0.2) is 12.4 Å². The fraction of sp³-hybridized carbons (Fsp3) is 0.188. The van der Waals surface area contributed by atoms with E-state index in [1.807, 2.05) is 13.0 Å². The van der Waals surface area contributed by atoms with Crippen LogP contribution in [0.15, 0.2) is 40.9 Å². The summed E-state index contributed by atoms with van der Waals surface area (Å²) in [6.07, 6.45) is 0. The van der Waals surface area contributed by atoms with Gasteiger partial charge in [-0.1, -0.05) is 17.7 Å². The number of benzene rings is 2. The van der Waals surface area contributed by atoms with Crippen molar-refractivity contribution in [1.29, 1.82) is 0 Å². The maximum Gasteiger partial charge on any atom is 0.200 e. The van der Waals surface area contributed by atoms with Crippen LogP contribution in [0.3, 0.4) is 0 Å². The summed E-state index contributed by atoms with van der Waals surface area (Å²) in [6, 6.07) is 10.6. The van der Waals surface area contributed by atoms with Gasteiger partial charge in [0.1, 0.15) is 11.5 Å². The summed E-state index contributed by atoms with van der Waals surface area (Å²) in [5.41, 5.74) is 1.57. The smallest absolute Gasteiger partial charge is 0.200 e. The molecule has 5 heteroatoms. The second-order valence-corrected chi connectivity index (χ2v) is 5.76. The van der Waals surface area contributed by atoms with Crippen molar-refractivity contribution in [2.75, 3.05) is 13.7 Å². The topological polar surface area (TPSA) is 35.5 Å². The normalized spacial score (nSPS) is 10.3. The highest BCUT2D eigenvalue weighted by Crippen LogP contribution is 2.27. The number of halogens is 2. The molecule has 0 fully saturated rings. The molecular formula is C16H14BrClO3. The molecule has 0 aliphatic heterocycles. The quantitative estimate of drug-likeness (QED) is 0.718. The summed E-state index contributed by atoms with van der Waals surface area (Å²) in [5.74, 6) is 1.06. The average molecular weight is 370 g/mol. The molecule has 0 spiro atoms. The maximum absolute atomic E-state index is 12.1. The molecule has 21 heavy (non-hydrogen) atoms. The van der Waals surface area contributed by atoms with Crippen LogP contribution >= 0.6 is 27.5 Å². The Balaban J connectivity index is 2.08. The molecule has 0 saturated heterocycles. The highest BCUT2D eigenvalue weighted by Gasteiger charge is 2.11. The van der Waals surface area contributed by atoms with E-state index < -0.39 is 0 Å². The van der Waals surface area contributed by atoms with Crippen molar-refractivity contribution in [1.82, 2.24) is 0 Å². The second kappa shape index (κ2) is 6.96. The molecule has 0 atom stereocenters. The summed E-state index contributed by atoms with van der Waals surface area (Å²) in [7, 11) is 1.57. The highest BCUT2D eigenvalue weighted by molar-refractivity contribution is 9.10. The highest BCUT2D eigenvalue weighted by atomic mass is 79.9. The Morgan fingerprint density at radius 3 is 2.62 bits per heavy atom. The van der Waals surface area contributed by atoms with Gasteiger partial charge in [0.2, 0.25) is 0 Å². The fourth-order valence-electron chi connectivity index (χ4n) is 1.79. The molecule has 0 aromatic heterocycles. The van der Waals surface area contributed by atoms with Crippen molar-refractivity contribution in [3.05, 3.63) is 57.0 Å². The third-order valence-corrected chi connectivity index (χ3v) is 3.85. The lowest BCUT2D eigenvalue weighted by Crippen LogP contribution is -2.12. The van der Waals surface area contributed by atoms with Crippen LogP contribution in [0, 0.1) is 6.92 Å². The summed E-state index contributed by atoms with van der Waals surface area (Å²) < 4.78 is 11.4. The number of carbonyl (C=O) groups excluding carboxylic acids is 1. The van der Waals surface area contributed by atoms with Crippen LogP contribution in [-0.2, 0) is 0 Å². The SMILES string of the molecule is COc1ccc(C(=O)COc2cc(C)ccc2Cl)cc1Br. The number of rotatable bonds is 5. The molecule has 0 saturated carbocycles. The molecule has 0 aliphatic rings. The molecule has 3 nitrogen and oxygen atoms in total. The number of carbonyl (C=O) groups is 1. The average Bonchev–Trinajstić information content (AvgIpc) is 2.47. The predicted octanol–water partition coefficient (Wildman–Crippen LogP) is 4.68. The number of ether oxygens (including phenoxy) is 2. The van der Waals surface area contributed by atoms with Gasteiger partial charge in [-0.2, -0.15) is 0 Å². The minimum atomic E-state index is -0.129. The van der Waals surface area contributed by atoms with Crippen molar-refractivity contribution in [3.8, 4) is 11.5 Å². The minimum Gasteiger partial charge on any atom is -0.496 e. The third kappa shape index (κ3) is 3.99. The van der Waals surface area contributed by atoms with Gasteiger partial charge in [-0.15, -0.1) is 0 Å². The number of hydrogen-bond acceptors (Lipinski definition) is 3. The first-order valence-corrected chi connectivity index (χ1v) is 7.44. The molecule has 0 radical (unpaired) electrons. The van der Waals surface area contributed by atoms with Crippen LogP contribution < -0.4 is 9.47 Å². The van der Waals surface area contributed by atoms with E-state index in [1.54, 1.807) is 37.4 Å². The van der Waals surface area contributed by atoms with Crippen molar-refractivity contribution >= 4 is 33.3 Å². The monoisotopic (exact) mass is 368 g/mol. The molecule has 0 aliphatic carbocycles. The summed E-state index contributed by atoms with van der Waals surface area (Å²) in [6.45, 7) is 1.87. The van der Waals surface area contributed by atoms with E-state index in [1.165, 1.54) is 0 Å². The van der Waals surface area contributed by atoms with Gasteiger partial charge >= 0.3 is 0 Å². The summed E-state index contributed by atoms with van der Waals surface area (Å²) in [5, 5.41) is 0.490. The number of methoxy groups -OCH3 is 1. The van der Waals surface area contributed by atoms with Gasteiger partial charge in [0.05, 0.1) is 16.6 Å². The van der Waals surface area contributed by atoms with E-state index in [2.05, 4.69) is 15.9 Å². The molecule has 0 heterocycles. The maximum atomic E-state index is 12.1. The lowest BCUT2D eigenvalue weighted by Gasteiger charge is -2.09. The number of aryl methyl sites for hydroxylation is 1. The first kappa shape index (κ1) is 15.9. The van der Waals surface area contributed by atoms with Crippen LogP contribution in [0.4, 0.5) is 0 Å². The second-order valence-electron chi connectivity index (χ2n) is 4.50. The van der Waals surface area contributed by atoms with Crippen LogP contribution in [0.2, 0.25) is 5.02 Å². The van der Waals surface area contributed by atoms with Crippen molar-refractivity contribution in [3.63, 3.8) is 0 Å². The van der Waals surface area contributed by atoms with E-state index in [0.29, 0.717) is 22.1 Å². The number of Topliss-reactive ketones (excluding diaryl/α,β-unsaturated/α-hetero) is 1. The Labute approximate surface area is 137 Å². The van der Waals surface area contributed by atoms with E-state index in [9.17, 15) is 4.79 Å². The Morgan fingerprint density at radius 2 is 1.95 bits per heavy atom. The molecule has 0 bridgehead atoms. The van der Waals surface area contributed by atoms with E-state index >= 15 is 0 Å². The third-order valence-electron chi connectivity index (χ3n) is 2.92. The van der Waals surface area contributed by atoms with Crippen molar-refractivity contribution in [2.45, 2.75) is 6.92 Å². The van der Waals surface area contributed by atoms with Gasteiger partial charge < -0.3 is 9.47 Å². The van der Waals surface area contributed by atoms with E-state index in [-0.39, 0.29) is 12.4 Å².